The molecule has 3 N–H and O–H groups in total. The second-order valence-electron chi connectivity index (χ2n) is 7.41. The Hall–Kier alpha value is -3.57. The first-order chi connectivity index (χ1) is 16.0. The number of hydrogen-bond donors (Lipinski definition) is 3. The summed E-state index contributed by atoms with van der Waals surface area (Å²) in [4.78, 5) is 39.5. The molecule has 4 rings (SSSR count). The maximum atomic E-state index is 12.3. The fourth-order valence-corrected chi connectivity index (χ4v) is 4.62. The predicted octanol–water partition coefficient (Wildman–Crippen LogP) is 4.08. The number of likely N-dealkylation sites (N-methyl/N-ethyl adjacent to an activating group) is 1. The monoisotopic (exact) mass is 481 g/mol. The number of benzene rings is 1. The molecule has 0 saturated heterocycles. The van der Waals surface area contributed by atoms with E-state index in [-0.39, 0.29) is 11.9 Å². The maximum Gasteiger partial charge on any atom is 0.325 e. The number of nitrogens with one attached hydrogen (secondary N) is 3. The molecule has 0 fully saturated rings. The van der Waals surface area contributed by atoms with Gasteiger partial charge in [-0.1, -0.05) is 12.1 Å². The lowest BCUT2D eigenvalue weighted by Gasteiger charge is -2.10. The van der Waals surface area contributed by atoms with Crippen LogP contribution in [0.4, 0.5) is 21.4 Å². The van der Waals surface area contributed by atoms with Gasteiger partial charge < -0.3 is 15.5 Å². The zero-order valence-corrected chi connectivity index (χ0v) is 19.8. The van der Waals surface area contributed by atoms with Gasteiger partial charge in [-0.15, -0.1) is 22.7 Å². The van der Waals surface area contributed by atoms with Crippen LogP contribution in [0.5, 0.6) is 0 Å². The quantitative estimate of drug-likeness (QED) is 0.350. The van der Waals surface area contributed by atoms with E-state index in [1.54, 1.807) is 55.0 Å². The van der Waals surface area contributed by atoms with Crippen LogP contribution < -0.4 is 16.0 Å². The normalized spacial score (nSPS) is 10.7. The number of urea groups is 1. The van der Waals surface area contributed by atoms with Crippen molar-refractivity contribution in [3.63, 3.8) is 0 Å². The van der Waals surface area contributed by atoms with Gasteiger partial charge in [0.1, 0.15) is 12.1 Å². The Kier molecular flexibility index (Phi) is 7.10. The Morgan fingerprint density at radius 3 is 2.64 bits per heavy atom. The van der Waals surface area contributed by atoms with Crippen molar-refractivity contribution in [1.29, 1.82) is 0 Å². The number of rotatable bonds is 8. The smallest absolute Gasteiger partial charge is 0.325 e. The van der Waals surface area contributed by atoms with Crippen LogP contribution in [0, 0.1) is 0 Å². The third-order valence-electron chi connectivity index (χ3n) is 4.75. The van der Waals surface area contributed by atoms with Crippen molar-refractivity contribution in [2.45, 2.75) is 12.8 Å². The van der Waals surface area contributed by atoms with Gasteiger partial charge in [-0.05, 0) is 29.1 Å². The van der Waals surface area contributed by atoms with Gasteiger partial charge >= 0.3 is 6.03 Å². The van der Waals surface area contributed by atoms with Gasteiger partial charge in [-0.2, -0.15) is 0 Å². The summed E-state index contributed by atoms with van der Waals surface area (Å²) in [6.45, 7) is 0.695. The first-order valence-corrected chi connectivity index (χ1v) is 11.9. The average molecular weight is 482 g/mol. The summed E-state index contributed by atoms with van der Waals surface area (Å²) in [5, 5.41) is 11.4. The van der Waals surface area contributed by atoms with Crippen LogP contribution in [-0.2, 0) is 17.6 Å². The average Bonchev–Trinajstić information content (AvgIpc) is 3.45. The summed E-state index contributed by atoms with van der Waals surface area (Å²) in [5.41, 5.74) is 2.46. The number of amides is 3. The van der Waals surface area contributed by atoms with E-state index in [9.17, 15) is 9.59 Å². The van der Waals surface area contributed by atoms with Gasteiger partial charge in [0.05, 0.1) is 16.6 Å². The molecule has 0 spiro atoms. The molecule has 3 aromatic heterocycles. The molecule has 9 nitrogen and oxygen atoms in total. The largest absolute Gasteiger partial charge is 0.368 e. The molecule has 0 aliphatic rings. The van der Waals surface area contributed by atoms with Crippen molar-refractivity contribution < 1.29 is 9.59 Å². The van der Waals surface area contributed by atoms with Crippen LogP contribution in [0.3, 0.4) is 0 Å². The molecule has 0 saturated carbocycles. The molecular weight excluding hydrogens is 458 g/mol. The van der Waals surface area contributed by atoms with Crippen molar-refractivity contribution >= 4 is 61.5 Å². The van der Waals surface area contributed by atoms with Crippen molar-refractivity contribution in [2.75, 3.05) is 36.6 Å². The summed E-state index contributed by atoms with van der Waals surface area (Å²) in [5.74, 6) is 0.856. The number of fused-ring (bicyclic) bond motifs is 1. The fraction of sp³-hybridized carbons (Fsp3) is 0.227. The fourth-order valence-electron chi connectivity index (χ4n) is 3.00. The van der Waals surface area contributed by atoms with E-state index in [1.165, 1.54) is 11.3 Å². The van der Waals surface area contributed by atoms with Gasteiger partial charge in [0.2, 0.25) is 5.91 Å². The molecule has 0 unspecified atom stereocenters. The Labute approximate surface area is 198 Å². The lowest BCUT2D eigenvalue weighted by atomic mass is 10.1. The lowest BCUT2D eigenvalue weighted by molar-refractivity contribution is -0.127. The molecule has 170 valence electrons. The molecule has 4 aromatic rings. The van der Waals surface area contributed by atoms with Crippen LogP contribution in [-0.4, -0.2) is 52.4 Å². The van der Waals surface area contributed by atoms with Crippen molar-refractivity contribution in [2.24, 2.45) is 0 Å². The number of nitrogens with zero attached hydrogens (tertiary/aromatic N) is 4. The number of anilines is 3. The third kappa shape index (κ3) is 6.02. The Balaban J connectivity index is 1.24. The van der Waals surface area contributed by atoms with E-state index in [0.717, 1.165) is 32.9 Å². The van der Waals surface area contributed by atoms with Gasteiger partial charge in [-0.25, -0.2) is 19.7 Å². The number of hydrogen-bond acceptors (Lipinski definition) is 8. The first-order valence-electron chi connectivity index (χ1n) is 10.2. The topological polar surface area (TPSA) is 112 Å². The van der Waals surface area contributed by atoms with E-state index in [4.69, 9.17) is 0 Å². The number of carbonyl (C=O) groups excluding carboxylic acids is 2. The standard InChI is InChI=1S/C22H23N7O2S2/c1-29(2)18(30)11-14-3-5-15(6-4-14)27-21(31)28-22-24-12-16(33-22)7-9-23-20-19-17(8-10-32-19)25-13-26-20/h3-6,8,10,12-13H,7,9,11H2,1-2H3,(H,23,25,26)(H2,24,27,28,31). The second kappa shape index (κ2) is 10.4. The summed E-state index contributed by atoms with van der Waals surface area (Å²) in [6, 6.07) is 8.80. The van der Waals surface area contributed by atoms with E-state index < -0.39 is 0 Å². The summed E-state index contributed by atoms with van der Waals surface area (Å²) in [6.07, 6.45) is 4.40. The highest BCUT2D eigenvalue weighted by Gasteiger charge is 2.09. The highest BCUT2D eigenvalue weighted by molar-refractivity contribution is 7.17. The number of thiazole rings is 1. The number of thiophene rings is 1. The zero-order chi connectivity index (χ0) is 23.2. The van der Waals surface area contributed by atoms with E-state index in [1.807, 2.05) is 23.6 Å². The number of aromatic nitrogens is 3. The van der Waals surface area contributed by atoms with Gasteiger partial charge in [0.15, 0.2) is 5.13 Å². The number of carbonyl (C=O) groups is 2. The van der Waals surface area contributed by atoms with Gasteiger partial charge in [0.25, 0.3) is 0 Å². The van der Waals surface area contributed by atoms with E-state index >= 15 is 0 Å². The van der Waals surface area contributed by atoms with Crippen molar-refractivity contribution in [3.05, 3.63) is 58.7 Å². The Morgan fingerprint density at radius 2 is 1.85 bits per heavy atom. The van der Waals surface area contributed by atoms with Crippen LogP contribution >= 0.6 is 22.7 Å². The molecule has 0 radical (unpaired) electrons. The summed E-state index contributed by atoms with van der Waals surface area (Å²) < 4.78 is 1.04. The SMILES string of the molecule is CN(C)C(=O)Cc1ccc(NC(=O)Nc2ncc(CCNc3ncnc4ccsc34)s2)cc1. The van der Waals surface area contributed by atoms with E-state index in [0.29, 0.717) is 23.8 Å². The van der Waals surface area contributed by atoms with Crippen LogP contribution in [0.15, 0.2) is 48.2 Å². The van der Waals surface area contributed by atoms with Crippen LogP contribution in [0.25, 0.3) is 10.2 Å². The van der Waals surface area contributed by atoms with Crippen LogP contribution in [0.2, 0.25) is 0 Å². The minimum Gasteiger partial charge on any atom is -0.368 e. The highest BCUT2D eigenvalue weighted by Crippen LogP contribution is 2.25. The van der Waals surface area contributed by atoms with Gasteiger partial charge in [-0.3, -0.25) is 10.1 Å². The molecule has 1 aromatic carbocycles. The zero-order valence-electron chi connectivity index (χ0n) is 18.2. The molecule has 3 heterocycles. The Bertz CT molecular complexity index is 1250. The van der Waals surface area contributed by atoms with Crippen LogP contribution in [0.1, 0.15) is 10.4 Å². The highest BCUT2D eigenvalue weighted by atomic mass is 32.1. The lowest BCUT2D eigenvalue weighted by Crippen LogP contribution is -2.23. The van der Waals surface area contributed by atoms with Gasteiger partial charge in [0, 0.05) is 43.8 Å². The molecule has 3 amide bonds. The first kappa shape index (κ1) is 22.6. The molecule has 0 atom stereocenters. The second-order valence-corrected chi connectivity index (χ2v) is 9.44. The molecule has 11 heteroatoms. The Morgan fingerprint density at radius 1 is 1.03 bits per heavy atom. The third-order valence-corrected chi connectivity index (χ3v) is 6.63. The van der Waals surface area contributed by atoms with E-state index in [2.05, 4.69) is 30.9 Å². The minimum absolute atomic E-state index is 0.0278. The van der Waals surface area contributed by atoms with Crippen molar-refractivity contribution in [3.8, 4) is 0 Å². The summed E-state index contributed by atoms with van der Waals surface area (Å²) >= 11 is 3.04. The summed E-state index contributed by atoms with van der Waals surface area (Å²) in [7, 11) is 3.45. The molecule has 0 aliphatic carbocycles. The molecule has 0 bridgehead atoms. The predicted molar refractivity (Wildman–Crippen MR) is 133 cm³/mol. The molecule has 33 heavy (non-hydrogen) atoms. The minimum atomic E-state index is -0.368. The molecule has 0 aliphatic heterocycles. The maximum absolute atomic E-state index is 12.3. The van der Waals surface area contributed by atoms with Crippen molar-refractivity contribution in [1.82, 2.24) is 19.9 Å². The molecular formula is C22H23N7O2S2.